The first-order valence-corrected chi connectivity index (χ1v) is 11.0. The number of carbonyl (C=O) groups is 1. The lowest BCUT2D eigenvalue weighted by Gasteiger charge is -2.27. The average Bonchev–Trinajstić information content (AvgIpc) is 2.85. The lowest BCUT2D eigenvalue weighted by molar-refractivity contribution is -0.147. The molecular formula is C27H28N2O3. The zero-order chi connectivity index (χ0) is 22.3. The van der Waals surface area contributed by atoms with Gasteiger partial charge >= 0.3 is 5.97 Å². The number of esters is 1. The topological polar surface area (TPSA) is 60.8 Å². The van der Waals surface area contributed by atoms with E-state index >= 15 is 0 Å². The molecule has 1 heterocycles. The molecule has 0 atom stereocenters. The zero-order valence-corrected chi connectivity index (χ0v) is 18.5. The summed E-state index contributed by atoms with van der Waals surface area (Å²) in [5, 5.41) is 0. The highest BCUT2D eigenvalue weighted by Crippen LogP contribution is 2.30. The van der Waals surface area contributed by atoms with Gasteiger partial charge in [-0.15, -0.1) is 0 Å². The second-order valence-electron chi connectivity index (χ2n) is 8.12. The number of benzene rings is 2. The highest BCUT2D eigenvalue weighted by Gasteiger charge is 2.28. The minimum Gasteiger partial charge on any atom is -0.474 e. The Hall–Kier alpha value is -3.47. The molecule has 1 aliphatic carbocycles. The third-order valence-corrected chi connectivity index (χ3v) is 5.84. The maximum absolute atomic E-state index is 11.7. The molecule has 0 N–H and O–H groups in total. The van der Waals surface area contributed by atoms with Crippen LogP contribution in [-0.2, 0) is 9.53 Å². The Morgan fingerprint density at radius 3 is 2.06 bits per heavy atom. The van der Waals surface area contributed by atoms with E-state index in [2.05, 4.69) is 29.2 Å². The minimum absolute atomic E-state index is 0.0139. The average molecular weight is 429 g/mol. The van der Waals surface area contributed by atoms with Crippen LogP contribution in [0.5, 0.6) is 5.88 Å². The van der Waals surface area contributed by atoms with Crippen LogP contribution < -0.4 is 4.74 Å². The quantitative estimate of drug-likeness (QED) is 0.375. The number of aryl methyl sites for hydroxylation is 1. The summed E-state index contributed by atoms with van der Waals surface area (Å²) in [6, 6.07) is 22.3. The number of nitrogens with zero attached hydrogens (tertiary/aromatic N) is 2. The van der Waals surface area contributed by atoms with Gasteiger partial charge in [0.25, 0.3) is 0 Å². The summed E-state index contributed by atoms with van der Waals surface area (Å²) in [6.45, 7) is 1.99. The Balaban J connectivity index is 1.52. The van der Waals surface area contributed by atoms with Crippen LogP contribution in [0.3, 0.4) is 0 Å². The third-order valence-electron chi connectivity index (χ3n) is 5.84. The molecule has 0 saturated heterocycles. The Morgan fingerprint density at radius 1 is 0.938 bits per heavy atom. The molecule has 1 aromatic heterocycles. The number of pyridine rings is 1. The number of aromatic nitrogens is 1. The van der Waals surface area contributed by atoms with E-state index in [4.69, 9.17) is 14.5 Å². The van der Waals surface area contributed by atoms with E-state index in [9.17, 15) is 4.79 Å². The lowest BCUT2D eigenvalue weighted by Crippen LogP contribution is -2.29. The van der Waals surface area contributed by atoms with Crippen molar-refractivity contribution in [3.63, 3.8) is 0 Å². The van der Waals surface area contributed by atoms with Gasteiger partial charge in [0.2, 0.25) is 5.88 Å². The fourth-order valence-corrected chi connectivity index (χ4v) is 4.09. The molecule has 5 nitrogen and oxygen atoms in total. The van der Waals surface area contributed by atoms with Crippen LogP contribution in [0.4, 0.5) is 5.69 Å². The van der Waals surface area contributed by atoms with Crippen molar-refractivity contribution in [2.24, 2.45) is 10.9 Å². The van der Waals surface area contributed by atoms with Gasteiger partial charge in [-0.1, -0.05) is 60.7 Å². The highest BCUT2D eigenvalue weighted by molar-refractivity contribution is 6.13. The van der Waals surface area contributed by atoms with Crippen molar-refractivity contribution in [1.29, 1.82) is 0 Å². The summed E-state index contributed by atoms with van der Waals surface area (Å²) in [4.78, 5) is 21.2. The Kier molecular flexibility index (Phi) is 6.95. The Labute approximate surface area is 189 Å². The van der Waals surface area contributed by atoms with E-state index in [-0.39, 0.29) is 18.0 Å². The molecule has 3 aromatic rings. The molecule has 32 heavy (non-hydrogen) atoms. The summed E-state index contributed by atoms with van der Waals surface area (Å²) < 4.78 is 11.0. The van der Waals surface area contributed by atoms with Crippen LogP contribution in [0.25, 0.3) is 0 Å². The van der Waals surface area contributed by atoms with E-state index in [0.717, 1.165) is 53.8 Å². The van der Waals surface area contributed by atoms with E-state index in [1.807, 2.05) is 49.4 Å². The first-order valence-electron chi connectivity index (χ1n) is 11.0. The first-order chi connectivity index (χ1) is 15.6. The summed E-state index contributed by atoms with van der Waals surface area (Å²) in [5.74, 6) is 0.499. The van der Waals surface area contributed by atoms with Gasteiger partial charge in [-0.05, 0) is 38.7 Å². The lowest BCUT2D eigenvalue weighted by atomic mass is 9.87. The third kappa shape index (κ3) is 5.22. The predicted molar refractivity (Wildman–Crippen MR) is 126 cm³/mol. The molecule has 164 valence electrons. The van der Waals surface area contributed by atoms with Gasteiger partial charge in [0.15, 0.2) is 0 Å². The van der Waals surface area contributed by atoms with Gasteiger partial charge in [-0.2, -0.15) is 0 Å². The Bertz CT molecular complexity index is 1030. The van der Waals surface area contributed by atoms with Gasteiger partial charge in [0.1, 0.15) is 6.10 Å². The fraction of sp³-hybridized carbons (Fsp3) is 0.296. The summed E-state index contributed by atoms with van der Waals surface area (Å²) in [6.07, 6.45) is 5.06. The number of methoxy groups -OCH3 is 1. The maximum Gasteiger partial charge on any atom is 0.308 e. The van der Waals surface area contributed by atoms with Crippen molar-refractivity contribution >= 4 is 17.4 Å². The summed E-state index contributed by atoms with van der Waals surface area (Å²) in [5.41, 5.74) is 4.74. The van der Waals surface area contributed by atoms with Crippen LogP contribution in [0.1, 0.15) is 42.4 Å². The standard InChI is InChI=1S/C27H28N2O3/c1-19-17-23(18-28-26(19)32-24-15-13-22(14-16-24)27(30)31-2)29-25(20-9-5-3-6-10-20)21-11-7-4-8-12-21/h3-12,17-18,22,24H,13-16H2,1-2H3/t22-,24-. The molecule has 0 aliphatic heterocycles. The van der Waals surface area contributed by atoms with Crippen LogP contribution in [0.2, 0.25) is 0 Å². The van der Waals surface area contributed by atoms with Crippen molar-refractivity contribution < 1.29 is 14.3 Å². The van der Waals surface area contributed by atoms with Crippen molar-refractivity contribution in [3.8, 4) is 5.88 Å². The number of hydrogen-bond acceptors (Lipinski definition) is 5. The van der Waals surface area contributed by atoms with E-state index in [1.165, 1.54) is 7.11 Å². The molecule has 0 unspecified atom stereocenters. The molecule has 0 spiro atoms. The molecule has 5 heteroatoms. The van der Waals surface area contributed by atoms with Crippen molar-refractivity contribution in [3.05, 3.63) is 89.6 Å². The molecule has 0 radical (unpaired) electrons. The van der Waals surface area contributed by atoms with Crippen molar-refractivity contribution in [2.75, 3.05) is 7.11 Å². The predicted octanol–water partition coefficient (Wildman–Crippen LogP) is 5.67. The number of rotatable bonds is 6. The highest BCUT2D eigenvalue weighted by atomic mass is 16.5. The van der Waals surface area contributed by atoms with Crippen molar-refractivity contribution in [2.45, 2.75) is 38.7 Å². The van der Waals surface area contributed by atoms with Gasteiger partial charge in [-0.3, -0.25) is 4.79 Å². The van der Waals surface area contributed by atoms with E-state index in [0.29, 0.717) is 5.88 Å². The summed E-state index contributed by atoms with van der Waals surface area (Å²) >= 11 is 0. The number of ether oxygens (including phenoxy) is 2. The molecule has 1 aliphatic rings. The SMILES string of the molecule is COC(=O)[C@H]1CC[C@H](Oc2ncc(N=C(c3ccccc3)c3ccccc3)cc2C)CC1. The number of hydrogen-bond donors (Lipinski definition) is 0. The largest absolute Gasteiger partial charge is 0.474 e. The zero-order valence-electron chi connectivity index (χ0n) is 18.5. The van der Waals surface area contributed by atoms with Crippen LogP contribution in [-0.4, -0.2) is 29.9 Å². The smallest absolute Gasteiger partial charge is 0.308 e. The molecular weight excluding hydrogens is 400 g/mol. The van der Waals surface area contributed by atoms with Crippen LogP contribution >= 0.6 is 0 Å². The van der Waals surface area contributed by atoms with E-state index in [1.54, 1.807) is 6.20 Å². The molecule has 0 bridgehead atoms. The Morgan fingerprint density at radius 2 is 1.53 bits per heavy atom. The summed E-state index contributed by atoms with van der Waals surface area (Å²) in [7, 11) is 1.45. The molecule has 0 amide bonds. The molecule has 1 saturated carbocycles. The van der Waals surface area contributed by atoms with Crippen LogP contribution in [0.15, 0.2) is 77.9 Å². The second kappa shape index (κ2) is 10.2. The normalized spacial score (nSPS) is 17.9. The van der Waals surface area contributed by atoms with Gasteiger partial charge in [-0.25, -0.2) is 9.98 Å². The minimum atomic E-state index is -0.118. The maximum atomic E-state index is 11.7. The molecule has 4 rings (SSSR count). The van der Waals surface area contributed by atoms with Gasteiger partial charge < -0.3 is 9.47 Å². The number of carbonyl (C=O) groups excluding carboxylic acids is 1. The van der Waals surface area contributed by atoms with Gasteiger partial charge in [0.05, 0.1) is 30.6 Å². The van der Waals surface area contributed by atoms with E-state index < -0.39 is 0 Å². The fourth-order valence-electron chi connectivity index (χ4n) is 4.09. The van der Waals surface area contributed by atoms with Crippen LogP contribution in [0, 0.1) is 12.8 Å². The number of aliphatic imine (C=N–C) groups is 1. The molecule has 2 aromatic carbocycles. The molecule has 1 fully saturated rings. The monoisotopic (exact) mass is 428 g/mol. The first kappa shape index (κ1) is 21.8. The van der Waals surface area contributed by atoms with Crippen molar-refractivity contribution in [1.82, 2.24) is 4.98 Å². The van der Waals surface area contributed by atoms with Gasteiger partial charge in [0, 0.05) is 16.7 Å². The second-order valence-corrected chi connectivity index (χ2v) is 8.12.